The number of carbonyl (C=O) groups is 2. The average Bonchev–Trinajstić information content (AvgIpc) is 2.12. The van der Waals surface area contributed by atoms with Gasteiger partial charge in [0.05, 0.1) is 0 Å². The van der Waals surface area contributed by atoms with Gasteiger partial charge in [0.15, 0.2) is 0 Å². The number of hydrogen-bond donors (Lipinski definition) is 1. The van der Waals surface area contributed by atoms with Crippen LogP contribution < -0.4 is 5.48 Å². The fraction of sp³-hybridized carbons (Fsp3) is 0.778. The molecule has 0 bridgehead atoms. The molecule has 0 atom stereocenters. The van der Waals surface area contributed by atoms with Gasteiger partial charge in [-0.2, -0.15) is 5.48 Å². The van der Waals surface area contributed by atoms with E-state index in [-0.39, 0.29) is 5.91 Å². The second-order valence-electron chi connectivity index (χ2n) is 3.30. The third-order valence-corrected chi connectivity index (χ3v) is 1.52. The Hall–Kier alpha value is -1.10. The molecule has 0 aliphatic heterocycles. The molecule has 82 valence electrons. The van der Waals surface area contributed by atoms with Crippen molar-refractivity contribution in [3.05, 3.63) is 0 Å². The number of nitrogens with zero attached hydrogens (tertiary/aromatic N) is 1. The molecule has 0 aromatic rings. The van der Waals surface area contributed by atoms with E-state index in [1.165, 1.54) is 0 Å². The molecule has 0 spiro atoms. The van der Waals surface area contributed by atoms with Gasteiger partial charge in [0.1, 0.15) is 0 Å². The summed E-state index contributed by atoms with van der Waals surface area (Å²) >= 11 is 0. The second kappa shape index (κ2) is 7.32. The quantitative estimate of drug-likeness (QED) is 0.652. The molecule has 0 rings (SSSR count). The van der Waals surface area contributed by atoms with E-state index < -0.39 is 5.97 Å². The minimum Gasteiger partial charge on any atom is -0.341 e. The van der Waals surface area contributed by atoms with Gasteiger partial charge in [-0.25, -0.2) is 4.79 Å². The SMILES string of the molecule is CCCC(=O)ONC(=O)CCN(C)C. The lowest BCUT2D eigenvalue weighted by Crippen LogP contribution is -2.29. The molecule has 5 heteroatoms. The van der Waals surface area contributed by atoms with Crippen LogP contribution in [0.5, 0.6) is 0 Å². The summed E-state index contributed by atoms with van der Waals surface area (Å²) in [6, 6.07) is 0. The van der Waals surface area contributed by atoms with Crippen LogP contribution >= 0.6 is 0 Å². The van der Waals surface area contributed by atoms with Crippen LogP contribution in [0.25, 0.3) is 0 Å². The molecule has 5 nitrogen and oxygen atoms in total. The summed E-state index contributed by atoms with van der Waals surface area (Å²) in [6.07, 6.45) is 1.37. The van der Waals surface area contributed by atoms with Crippen molar-refractivity contribution in [2.24, 2.45) is 0 Å². The smallest absolute Gasteiger partial charge is 0.332 e. The monoisotopic (exact) mass is 202 g/mol. The predicted octanol–water partition coefficient (Wildman–Crippen LogP) is 0.313. The second-order valence-corrected chi connectivity index (χ2v) is 3.30. The van der Waals surface area contributed by atoms with Gasteiger partial charge >= 0.3 is 5.97 Å². The average molecular weight is 202 g/mol. The highest BCUT2D eigenvalue weighted by atomic mass is 16.7. The molecule has 0 saturated heterocycles. The highest BCUT2D eigenvalue weighted by Crippen LogP contribution is 1.89. The van der Waals surface area contributed by atoms with Crippen molar-refractivity contribution in [3.8, 4) is 0 Å². The number of rotatable bonds is 5. The van der Waals surface area contributed by atoms with Crippen LogP contribution in [-0.2, 0) is 14.4 Å². The van der Waals surface area contributed by atoms with Gasteiger partial charge in [-0.05, 0) is 20.5 Å². The fourth-order valence-corrected chi connectivity index (χ4v) is 0.745. The van der Waals surface area contributed by atoms with Crippen LogP contribution in [0.1, 0.15) is 26.2 Å². The maximum Gasteiger partial charge on any atom is 0.332 e. The summed E-state index contributed by atoms with van der Waals surface area (Å²) in [7, 11) is 3.74. The molecule has 14 heavy (non-hydrogen) atoms. The van der Waals surface area contributed by atoms with Gasteiger partial charge < -0.3 is 9.74 Å². The minimum absolute atomic E-state index is 0.275. The van der Waals surface area contributed by atoms with Crippen molar-refractivity contribution in [3.63, 3.8) is 0 Å². The Kier molecular flexibility index (Phi) is 6.74. The Morgan fingerprint density at radius 2 is 1.93 bits per heavy atom. The maximum absolute atomic E-state index is 11.0. The van der Waals surface area contributed by atoms with E-state index in [4.69, 9.17) is 0 Å². The van der Waals surface area contributed by atoms with Gasteiger partial charge in [-0.3, -0.25) is 4.79 Å². The Balaban J connectivity index is 3.48. The molecule has 0 radical (unpaired) electrons. The summed E-state index contributed by atoms with van der Waals surface area (Å²) in [4.78, 5) is 28.3. The summed E-state index contributed by atoms with van der Waals surface area (Å²) in [5.41, 5.74) is 2.11. The first-order chi connectivity index (χ1) is 6.56. The molecule has 1 amide bonds. The van der Waals surface area contributed by atoms with Gasteiger partial charge in [-0.1, -0.05) is 6.92 Å². The van der Waals surface area contributed by atoms with Gasteiger partial charge in [0.2, 0.25) is 0 Å². The van der Waals surface area contributed by atoms with E-state index in [1.807, 2.05) is 25.9 Å². The Bertz CT molecular complexity index is 192. The lowest BCUT2D eigenvalue weighted by molar-refractivity contribution is -0.158. The van der Waals surface area contributed by atoms with Crippen molar-refractivity contribution in [1.29, 1.82) is 0 Å². The van der Waals surface area contributed by atoms with E-state index in [1.54, 1.807) is 0 Å². The van der Waals surface area contributed by atoms with E-state index in [0.29, 0.717) is 25.8 Å². The number of nitrogens with one attached hydrogen (secondary N) is 1. The van der Waals surface area contributed by atoms with Crippen molar-refractivity contribution in [2.45, 2.75) is 26.2 Å². The molecular formula is C9H18N2O3. The molecule has 0 aromatic carbocycles. The third-order valence-electron chi connectivity index (χ3n) is 1.52. The lowest BCUT2D eigenvalue weighted by Gasteiger charge is -2.09. The summed E-state index contributed by atoms with van der Waals surface area (Å²) in [5, 5.41) is 0. The minimum atomic E-state index is -0.397. The summed E-state index contributed by atoms with van der Waals surface area (Å²) in [6.45, 7) is 2.51. The first-order valence-electron chi connectivity index (χ1n) is 4.69. The van der Waals surface area contributed by atoms with E-state index >= 15 is 0 Å². The zero-order chi connectivity index (χ0) is 11.0. The number of carbonyl (C=O) groups excluding carboxylic acids is 2. The van der Waals surface area contributed by atoms with Crippen LogP contribution in [-0.4, -0.2) is 37.4 Å². The largest absolute Gasteiger partial charge is 0.341 e. The number of hydrogen-bond acceptors (Lipinski definition) is 4. The third kappa shape index (κ3) is 7.54. The van der Waals surface area contributed by atoms with Crippen LogP contribution in [0.3, 0.4) is 0 Å². The molecule has 0 heterocycles. The number of hydroxylamine groups is 1. The molecule has 0 aliphatic rings. The number of amides is 1. The van der Waals surface area contributed by atoms with Gasteiger partial charge in [-0.15, -0.1) is 0 Å². The van der Waals surface area contributed by atoms with Gasteiger partial charge in [0.25, 0.3) is 5.91 Å². The molecule has 0 fully saturated rings. The van der Waals surface area contributed by atoms with Crippen LogP contribution in [0.4, 0.5) is 0 Å². The van der Waals surface area contributed by atoms with Crippen molar-refractivity contribution in [1.82, 2.24) is 10.4 Å². The molecule has 0 saturated carbocycles. The highest BCUT2D eigenvalue weighted by Gasteiger charge is 2.05. The van der Waals surface area contributed by atoms with Crippen LogP contribution in [0, 0.1) is 0 Å². The van der Waals surface area contributed by atoms with Crippen LogP contribution in [0.15, 0.2) is 0 Å². The molecule has 0 aromatic heterocycles. The zero-order valence-corrected chi connectivity index (χ0v) is 9.00. The lowest BCUT2D eigenvalue weighted by atomic mass is 10.3. The molecule has 0 aliphatic carbocycles. The van der Waals surface area contributed by atoms with Crippen molar-refractivity contribution < 1.29 is 14.4 Å². The Labute approximate surface area is 84.4 Å². The zero-order valence-electron chi connectivity index (χ0n) is 9.00. The topological polar surface area (TPSA) is 58.6 Å². The summed E-state index contributed by atoms with van der Waals surface area (Å²) in [5.74, 6) is -0.672. The first kappa shape index (κ1) is 12.9. The standard InChI is InChI=1S/C9H18N2O3/c1-4-5-9(13)14-10-8(12)6-7-11(2)3/h4-7H2,1-3H3,(H,10,12). The molecule has 1 N–H and O–H groups in total. The van der Waals surface area contributed by atoms with E-state index in [0.717, 1.165) is 0 Å². The van der Waals surface area contributed by atoms with Crippen LogP contribution in [0.2, 0.25) is 0 Å². The Morgan fingerprint density at radius 3 is 2.43 bits per heavy atom. The summed E-state index contributed by atoms with van der Waals surface area (Å²) < 4.78 is 0. The molecule has 0 unspecified atom stereocenters. The fourth-order valence-electron chi connectivity index (χ4n) is 0.745. The highest BCUT2D eigenvalue weighted by molar-refractivity contribution is 5.77. The maximum atomic E-state index is 11.0. The van der Waals surface area contributed by atoms with E-state index in [2.05, 4.69) is 10.3 Å². The normalized spacial score (nSPS) is 10.0. The predicted molar refractivity (Wildman–Crippen MR) is 52.3 cm³/mol. The van der Waals surface area contributed by atoms with Crippen molar-refractivity contribution in [2.75, 3.05) is 20.6 Å². The van der Waals surface area contributed by atoms with Gasteiger partial charge in [0, 0.05) is 19.4 Å². The molecular weight excluding hydrogens is 184 g/mol. The first-order valence-corrected chi connectivity index (χ1v) is 4.69. The van der Waals surface area contributed by atoms with Crippen molar-refractivity contribution >= 4 is 11.9 Å². The Morgan fingerprint density at radius 1 is 1.29 bits per heavy atom. The van der Waals surface area contributed by atoms with E-state index in [9.17, 15) is 9.59 Å².